The third kappa shape index (κ3) is 4.64. The normalized spacial score (nSPS) is 41.1. The number of rotatable bonds is 1. The molecule has 3 aliphatic carbocycles. The van der Waals surface area contributed by atoms with E-state index in [0.29, 0.717) is 16.2 Å². The first kappa shape index (κ1) is 24.5. The van der Waals surface area contributed by atoms with Crippen LogP contribution in [0.5, 0.6) is 0 Å². The van der Waals surface area contributed by atoms with Gasteiger partial charge in [-0.1, -0.05) is 54.0 Å². The fourth-order valence-corrected chi connectivity index (χ4v) is 6.63. The lowest BCUT2D eigenvalue weighted by Crippen LogP contribution is -2.53. The zero-order chi connectivity index (χ0) is 18.6. The molecule has 0 amide bonds. The molecule has 0 saturated heterocycles. The van der Waals surface area contributed by atoms with Gasteiger partial charge in [-0.15, -0.1) is 19.7 Å². The van der Waals surface area contributed by atoms with Crippen LogP contribution in [0.25, 0.3) is 0 Å². The third-order valence-electron chi connectivity index (χ3n) is 7.77. The first-order chi connectivity index (χ1) is 11.3. The molecule has 0 aromatic carbocycles. The predicted octanol–water partition coefficient (Wildman–Crippen LogP) is 7.92. The van der Waals surface area contributed by atoms with E-state index in [2.05, 4.69) is 53.5 Å². The van der Waals surface area contributed by atoms with Crippen LogP contribution < -0.4 is 0 Å². The van der Waals surface area contributed by atoms with Gasteiger partial charge in [-0.2, -0.15) is 0 Å². The van der Waals surface area contributed by atoms with E-state index in [9.17, 15) is 0 Å². The number of hydrogen-bond acceptors (Lipinski definition) is 0. The summed E-state index contributed by atoms with van der Waals surface area (Å²) in [6.45, 7) is 24.3. The Bertz CT molecular complexity index is 418. The summed E-state index contributed by atoms with van der Waals surface area (Å²) in [4.78, 5) is 0. The van der Waals surface area contributed by atoms with Crippen LogP contribution in [-0.4, -0.2) is 8.41 Å². The maximum Gasteiger partial charge on any atom is 0 e. The molecular formula is C24H46B. The smallest absolute Gasteiger partial charge is 0 e. The molecule has 25 heavy (non-hydrogen) atoms. The molecule has 0 spiro atoms. The van der Waals surface area contributed by atoms with Crippen LogP contribution in [0.3, 0.4) is 0 Å². The minimum absolute atomic E-state index is 0. The zero-order valence-electron chi connectivity index (χ0n) is 18.2. The topological polar surface area (TPSA) is 0 Å². The molecule has 5 atom stereocenters. The van der Waals surface area contributed by atoms with Crippen LogP contribution in [0.2, 0.25) is 0 Å². The predicted molar refractivity (Wildman–Crippen MR) is 118 cm³/mol. The van der Waals surface area contributed by atoms with E-state index in [1.807, 2.05) is 13.8 Å². The summed E-state index contributed by atoms with van der Waals surface area (Å²) >= 11 is 0. The van der Waals surface area contributed by atoms with Crippen molar-refractivity contribution in [1.82, 2.24) is 0 Å². The van der Waals surface area contributed by atoms with Crippen molar-refractivity contribution in [2.75, 3.05) is 0 Å². The first-order valence-corrected chi connectivity index (χ1v) is 10.4. The van der Waals surface area contributed by atoms with Gasteiger partial charge in [-0.05, 0) is 78.9 Å². The summed E-state index contributed by atoms with van der Waals surface area (Å²) in [5, 5.41) is 0. The van der Waals surface area contributed by atoms with Crippen molar-refractivity contribution in [2.24, 2.45) is 34.0 Å². The van der Waals surface area contributed by atoms with E-state index in [0.717, 1.165) is 17.8 Å². The number of hydrogen-bond donors (Lipinski definition) is 0. The molecule has 0 aliphatic heterocycles. The second-order valence-electron chi connectivity index (χ2n) is 9.45. The molecule has 3 fully saturated rings. The standard InChI is InChI=1S/C20H34.C2H6.C2H4.B.H2/c1-6-19(4)13-10-16-15(14-19)8-9-17-18(2,3)11-7-12-20(16,17)5;2*1-2;;/h6,15-17H,1,7-14H2,2-5H3;1-2H3;1-2H2;;1H. The monoisotopic (exact) mass is 345 g/mol. The lowest BCUT2D eigenvalue weighted by atomic mass is 9.43. The van der Waals surface area contributed by atoms with Gasteiger partial charge in [-0.3, -0.25) is 0 Å². The third-order valence-corrected chi connectivity index (χ3v) is 7.77. The lowest BCUT2D eigenvalue weighted by molar-refractivity contribution is -0.119. The molecule has 5 unspecified atom stereocenters. The van der Waals surface area contributed by atoms with Gasteiger partial charge < -0.3 is 0 Å². The lowest BCUT2D eigenvalue weighted by Gasteiger charge is -2.62. The Morgan fingerprint density at radius 1 is 0.920 bits per heavy atom. The molecular weight excluding hydrogens is 299 g/mol. The SMILES string of the molecule is C=C.C=CC1(C)CCC2C(CCC3C(C)(C)CCCC23C)C1.CC.[B].[HH]. The van der Waals surface area contributed by atoms with Crippen LogP contribution >= 0.6 is 0 Å². The fraction of sp³-hybridized carbons (Fsp3) is 0.833. The van der Waals surface area contributed by atoms with Crippen LogP contribution in [0, 0.1) is 34.0 Å². The van der Waals surface area contributed by atoms with Gasteiger partial charge in [0.1, 0.15) is 0 Å². The Labute approximate surface area is 163 Å². The summed E-state index contributed by atoms with van der Waals surface area (Å²) in [5.41, 5.74) is 1.64. The molecule has 0 aromatic heterocycles. The van der Waals surface area contributed by atoms with E-state index >= 15 is 0 Å². The van der Waals surface area contributed by atoms with Crippen molar-refractivity contribution in [3.63, 3.8) is 0 Å². The minimum Gasteiger partial charge on any atom is -0.106 e. The Morgan fingerprint density at radius 2 is 1.52 bits per heavy atom. The second kappa shape index (κ2) is 9.47. The molecule has 0 nitrogen and oxygen atoms in total. The average Bonchev–Trinajstić information content (AvgIpc) is 2.57. The van der Waals surface area contributed by atoms with Crippen molar-refractivity contribution in [2.45, 2.75) is 92.9 Å². The van der Waals surface area contributed by atoms with Gasteiger partial charge >= 0.3 is 0 Å². The Kier molecular flexibility index (Phi) is 9.30. The van der Waals surface area contributed by atoms with Crippen molar-refractivity contribution >= 4 is 8.41 Å². The zero-order valence-corrected chi connectivity index (χ0v) is 18.2. The largest absolute Gasteiger partial charge is 0.106 e. The molecule has 0 N–H and O–H groups in total. The Hall–Kier alpha value is -0.455. The number of fused-ring (bicyclic) bond motifs is 3. The molecule has 1 heteroatoms. The minimum atomic E-state index is 0. The van der Waals surface area contributed by atoms with Gasteiger partial charge in [0, 0.05) is 9.84 Å². The Balaban J connectivity index is 0. The summed E-state index contributed by atoms with van der Waals surface area (Å²) in [5.74, 6) is 2.94. The molecule has 3 rings (SSSR count). The molecule has 3 aliphatic rings. The molecule has 0 heterocycles. The summed E-state index contributed by atoms with van der Waals surface area (Å²) < 4.78 is 0. The van der Waals surface area contributed by atoms with Crippen LogP contribution in [-0.2, 0) is 0 Å². The highest BCUT2D eigenvalue weighted by Crippen LogP contribution is 2.65. The molecule has 0 bridgehead atoms. The highest BCUT2D eigenvalue weighted by molar-refractivity contribution is 5.75. The quantitative estimate of drug-likeness (QED) is 0.334. The maximum absolute atomic E-state index is 4.12. The highest BCUT2D eigenvalue weighted by atomic mass is 14.6. The van der Waals surface area contributed by atoms with Gasteiger partial charge in [0.2, 0.25) is 0 Å². The van der Waals surface area contributed by atoms with E-state index in [1.54, 1.807) is 0 Å². The molecule has 145 valence electrons. The highest BCUT2D eigenvalue weighted by Gasteiger charge is 2.56. The maximum atomic E-state index is 4.12. The van der Waals surface area contributed by atoms with Crippen LogP contribution in [0.4, 0.5) is 0 Å². The van der Waals surface area contributed by atoms with E-state index in [-0.39, 0.29) is 9.84 Å². The van der Waals surface area contributed by atoms with Crippen LogP contribution in [0.1, 0.15) is 94.3 Å². The molecule has 3 saturated carbocycles. The van der Waals surface area contributed by atoms with Gasteiger partial charge in [0.15, 0.2) is 0 Å². The van der Waals surface area contributed by atoms with Crippen LogP contribution in [0.15, 0.2) is 25.8 Å². The van der Waals surface area contributed by atoms with Gasteiger partial charge in [-0.25, -0.2) is 0 Å². The van der Waals surface area contributed by atoms with E-state index in [1.165, 1.54) is 51.4 Å². The Morgan fingerprint density at radius 3 is 2.08 bits per heavy atom. The van der Waals surface area contributed by atoms with Gasteiger partial charge in [0.25, 0.3) is 0 Å². The van der Waals surface area contributed by atoms with Crippen molar-refractivity contribution in [3.05, 3.63) is 25.8 Å². The number of allylic oxidation sites excluding steroid dienone is 1. The fourth-order valence-electron chi connectivity index (χ4n) is 6.63. The first-order valence-electron chi connectivity index (χ1n) is 10.4. The molecule has 0 aromatic rings. The van der Waals surface area contributed by atoms with E-state index < -0.39 is 0 Å². The van der Waals surface area contributed by atoms with Crippen molar-refractivity contribution in [1.29, 1.82) is 0 Å². The summed E-state index contributed by atoms with van der Waals surface area (Å²) in [6, 6.07) is 0. The van der Waals surface area contributed by atoms with E-state index in [4.69, 9.17) is 0 Å². The summed E-state index contributed by atoms with van der Waals surface area (Å²) in [6.07, 6.45) is 13.9. The average molecular weight is 345 g/mol. The second-order valence-corrected chi connectivity index (χ2v) is 9.45. The van der Waals surface area contributed by atoms with Gasteiger partial charge in [0.05, 0.1) is 0 Å². The molecule has 3 radical (unpaired) electrons. The summed E-state index contributed by atoms with van der Waals surface area (Å²) in [7, 11) is 0. The van der Waals surface area contributed by atoms with Crippen molar-refractivity contribution in [3.8, 4) is 0 Å². The van der Waals surface area contributed by atoms with Crippen molar-refractivity contribution < 1.29 is 1.43 Å².